The average molecular weight is 384 g/mol. The van der Waals surface area contributed by atoms with Crippen LogP contribution in [0.15, 0.2) is 48.7 Å². The Morgan fingerprint density at radius 3 is 2.52 bits per heavy atom. The first-order chi connectivity index (χ1) is 11.1. The minimum absolute atomic E-state index is 0. The number of pyridine rings is 1. The smallest absolute Gasteiger partial charge is 0.270 e. The molecule has 1 atom stereocenters. The lowest BCUT2D eigenvalue weighted by atomic mass is 9.96. The van der Waals surface area contributed by atoms with Crippen molar-refractivity contribution in [2.45, 2.75) is 25.3 Å². The fourth-order valence-corrected chi connectivity index (χ4v) is 2.59. The summed E-state index contributed by atoms with van der Waals surface area (Å²) in [5.41, 5.74) is 5.81. The average Bonchev–Trinajstić information content (AvgIpc) is 3.41. The first-order valence-electron chi connectivity index (χ1n) is 7.82. The first-order valence-corrected chi connectivity index (χ1v) is 7.82. The zero-order valence-electron chi connectivity index (χ0n) is 14.0. The van der Waals surface area contributed by atoms with Crippen molar-refractivity contribution in [3.8, 4) is 11.5 Å². The van der Waals surface area contributed by atoms with Crippen LogP contribution in [0.2, 0.25) is 0 Å². The number of halogens is 2. The molecule has 0 saturated heterocycles. The number of para-hydroxylation sites is 1. The summed E-state index contributed by atoms with van der Waals surface area (Å²) in [6, 6.07) is 12.8. The Kier molecular flexibility index (Phi) is 7.67. The number of carbonyl (C=O) groups is 1. The van der Waals surface area contributed by atoms with Crippen molar-refractivity contribution in [1.29, 1.82) is 0 Å². The molecule has 5 nitrogen and oxygen atoms in total. The van der Waals surface area contributed by atoms with Crippen molar-refractivity contribution >= 4 is 30.7 Å². The van der Waals surface area contributed by atoms with E-state index in [2.05, 4.69) is 10.3 Å². The number of ether oxygens (including phenoxy) is 1. The van der Waals surface area contributed by atoms with E-state index in [9.17, 15) is 4.79 Å². The summed E-state index contributed by atoms with van der Waals surface area (Å²) in [6.45, 7) is 2.41. The maximum Gasteiger partial charge on any atom is 0.270 e. The molecule has 1 aliphatic rings. The van der Waals surface area contributed by atoms with E-state index >= 15 is 0 Å². The summed E-state index contributed by atoms with van der Waals surface area (Å²) in [4.78, 5) is 16.6. The molecule has 1 heterocycles. The molecular formula is C18H23Cl2N3O2. The van der Waals surface area contributed by atoms with Gasteiger partial charge in [0.15, 0.2) is 0 Å². The molecule has 0 spiro atoms. The highest BCUT2D eigenvalue weighted by atomic mass is 35.5. The molecule has 0 radical (unpaired) electrons. The number of nitrogens with two attached hydrogens (primary N) is 1. The Bertz CT molecular complexity index is 696. The standard InChI is InChI=1S/C18H21N3O2.2ClH/c1-18(12-19,13-7-8-13)21-17(22)16-11-15(9-10-20-16)23-14-5-3-2-4-6-14;;/h2-6,9-11,13H,7-8,12,19H2,1H3,(H,21,22);2*1H. The Morgan fingerprint density at radius 1 is 1.24 bits per heavy atom. The topological polar surface area (TPSA) is 77.2 Å². The van der Waals surface area contributed by atoms with Gasteiger partial charge in [0.2, 0.25) is 0 Å². The van der Waals surface area contributed by atoms with Gasteiger partial charge in [-0.25, -0.2) is 0 Å². The van der Waals surface area contributed by atoms with Crippen LogP contribution in [0.5, 0.6) is 11.5 Å². The molecule has 2 aromatic rings. The predicted molar refractivity (Wildman–Crippen MR) is 103 cm³/mol. The van der Waals surface area contributed by atoms with E-state index in [-0.39, 0.29) is 36.3 Å². The largest absolute Gasteiger partial charge is 0.457 e. The molecule has 1 saturated carbocycles. The number of amides is 1. The summed E-state index contributed by atoms with van der Waals surface area (Å²) >= 11 is 0. The van der Waals surface area contributed by atoms with Crippen LogP contribution in [0.4, 0.5) is 0 Å². The van der Waals surface area contributed by atoms with Gasteiger partial charge in [0.25, 0.3) is 5.91 Å². The summed E-state index contributed by atoms with van der Waals surface area (Å²) in [5.74, 6) is 1.54. The van der Waals surface area contributed by atoms with Crippen LogP contribution < -0.4 is 15.8 Å². The van der Waals surface area contributed by atoms with Gasteiger partial charge in [0.1, 0.15) is 17.2 Å². The van der Waals surface area contributed by atoms with Crippen LogP contribution in [0, 0.1) is 5.92 Å². The van der Waals surface area contributed by atoms with Crippen molar-refractivity contribution < 1.29 is 9.53 Å². The van der Waals surface area contributed by atoms with E-state index < -0.39 is 0 Å². The Balaban J connectivity index is 0.00000156. The number of nitrogens with one attached hydrogen (secondary N) is 1. The summed E-state index contributed by atoms with van der Waals surface area (Å²) in [6.07, 6.45) is 3.79. The minimum atomic E-state index is -0.366. The summed E-state index contributed by atoms with van der Waals surface area (Å²) in [7, 11) is 0. The fraction of sp³-hybridized carbons (Fsp3) is 0.333. The van der Waals surface area contributed by atoms with Gasteiger partial charge in [-0.05, 0) is 43.9 Å². The summed E-state index contributed by atoms with van der Waals surface area (Å²) < 4.78 is 5.74. The molecule has 3 rings (SSSR count). The van der Waals surface area contributed by atoms with Gasteiger partial charge in [-0.15, -0.1) is 24.8 Å². The Hall–Kier alpha value is -1.82. The van der Waals surface area contributed by atoms with E-state index in [1.54, 1.807) is 18.3 Å². The number of nitrogens with zero attached hydrogens (tertiary/aromatic N) is 1. The van der Waals surface area contributed by atoms with Crippen LogP contribution in [-0.4, -0.2) is 23.0 Å². The highest BCUT2D eigenvalue weighted by Crippen LogP contribution is 2.39. The van der Waals surface area contributed by atoms with Gasteiger partial charge < -0.3 is 15.8 Å². The normalized spacial score (nSPS) is 15.1. The first kappa shape index (κ1) is 21.2. The predicted octanol–water partition coefficient (Wildman–Crippen LogP) is 3.57. The zero-order chi connectivity index (χ0) is 16.3. The molecule has 1 unspecified atom stereocenters. The molecule has 1 amide bonds. The third-order valence-electron chi connectivity index (χ3n) is 4.24. The molecular weight excluding hydrogens is 361 g/mol. The monoisotopic (exact) mass is 383 g/mol. The van der Waals surface area contributed by atoms with Crippen molar-refractivity contribution in [2.75, 3.05) is 6.54 Å². The maximum atomic E-state index is 12.5. The van der Waals surface area contributed by atoms with Crippen molar-refractivity contribution in [2.24, 2.45) is 11.7 Å². The number of rotatable bonds is 6. The Labute approximate surface area is 160 Å². The lowest BCUT2D eigenvalue weighted by Crippen LogP contribution is -2.53. The van der Waals surface area contributed by atoms with E-state index in [0.717, 1.165) is 18.6 Å². The van der Waals surface area contributed by atoms with Crippen molar-refractivity contribution in [3.63, 3.8) is 0 Å². The maximum absolute atomic E-state index is 12.5. The second-order valence-corrected chi connectivity index (χ2v) is 6.14. The molecule has 1 fully saturated rings. The van der Waals surface area contributed by atoms with E-state index in [4.69, 9.17) is 10.5 Å². The number of hydrogen-bond acceptors (Lipinski definition) is 4. The molecule has 7 heteroatoms. The van der Waals surface area contributed by atoms with Gasteiger partial charge in [-0.3, -0.25) is 9.78 Å². The van der Waals surface area contributed by atoms with Crippen LogP contribution in [0.3, 0.4) is 0 Å². The zero-order valence-corrected chi connectivity index (χ0v) is 15.6. The molecule has 3 N–H and O–H groups in total. The second kappa shape index (κ2) is 9.04. The lowest BCUT2D eigenvalue weighted by molar-refractivity contribution is 0.0892. The second-order valence-electron chi connectivity index (χ2n) is 6.14. The van der Waals surface area contributed by atoms with Gasteiger partial charge in [-0.2, -0.15) is 0 Å². The molecule has 0 aliphatic heterocycles. The molecule has 1 aromatic heterocycles. The van der Waals surface area contributed by atoms with E-state index in [0.29, 0.717) is 23.9 Å². The minimum Gasteiger partial charge on any atom is -0.457 e. The third-order valence-corrected chi connectivity index (χ3v) is 4.24. The quantitative estimate of drug-likeness (QED) is 0.798. The number of hydrogen-bond donors (Lipinski definition) is 2. The molecule has 1 aliphatic carbocycles. The highest BCUT2D eigenvalue weighted by molar-refractivity contribution is 5.93. The molecule has 25 heavy (non-hydrogen) atoms. The number of benzene rings is 1. The number of carbonyl (C=O) groups excluding carboxylic acids is 1. The van der Waals surface area contributed by atoms with Crippen molar-refractivity contribution in [3.05, 3.63) is 54.4 Å². The van der Waals surface area contributed by atoms with Gasteiger partial charge >= 0.3 is 0 Å². The van der Waals surface area contributed by atoms with Crippen molar-refractivity contribution in [1.82, 2.24) is 10.3 Å². The number of aromatic nitrogens is 1. The molecule has 1 aromatic carbocycles. The molecule has 136 valence electrons. The summed E-state index contributed by atoms with van der Waals surface area (Å²) in [5, 5.41) is 3.03. The fourth-order valence-electron chi connectivity index (χ4n) is 2.59. The third kappa shape index (κ3) is 5.33. The van der Waals surface area contributed by atoms with E-state index in [1.807, 2.05) is 37.3 Å². The highest BCUT2D eigenvalue weighted by Gasteiger charge is 2.41. The van der Waals surface area contributed by atoms with Crippen LogP contribution >= 0.6 is 24.8 Å². The van der Waals surface area contributed by atoms with E-state index in [1.165, 1.54) is 0 Å². The Morgan fingerprint density at radius 2 is 1.92 bits per heavy atom. The molecule has 0 bridgehead atoms. The van der Waals surface area contributed by atoms with Gasteiger partial charge in [0, 0.05) is 18.8 Å². The van der Waals surface area contributed by atoms with Gasteiger partial charge in [0.05, 0.1) is 5.54 Å². The SMILES string of the molecule is CC(CN)(NC(=O)c1cc(Oc2ccccc2)ccn1)C1CC1.Cl.Cl. The lowest BCUT2D eigenvalue weighted by Gasteiger charge is -2.29. The van der Waals surface area contributed by atoms with Crippen LogP contribution in [0.25, 0.3) is 0 Å². The van der Waals surface area contributed by atoms with Crippen LogP contribution in [-0.2, 0) is 0 Å². The van der Waals surface area contributed by atoms with Gasteiger partial charge in [-0.1, -0.05) is 18.2 Å². The van der Waals surface area contributed by atoms with Crippen LogP contribution in [0.1, 0.15) is 30.3 Å².